The third-order valence-corrected chi connectivity index (χ3v) is 2.90. The van der Waals surface area contributed by atoms with Crippen LogP contribution in [0.25, 0.3) is 0 Å². The minimum atomic E-state index is -1.19. The standard InChI is InChI=1S/C13H18O/c1-11-5-7-12(8-6-11)13(14)9-3-2-4-10-13/h5-8,14H,2-4,9-10H2,1H3/i5D,6D,7D,8D. The lowest BCUT2D eigenvalue weighted by atomic mass is 9.79. The lowest BCUT2D eigenvalue weighted by molar-refractivity contribution is -0.000630. The Morgan fingerprint density at radius 1 is 1.14 bits per heavy atom. The molecule has 1 saturated carbocycles. The molecule has 0 atom stereocenters. The van der Waals surface area contributed by atoms with Gasteiger partial charge >= 0.3 is 0 Å². The zero-order chi connectivity index (χ0) is 13.5. The van der Waals surface area contributed by atoms with Crippen molar-refractivity contribution in [2.75, 3.05) is 0 Å². The molecule has 0 radical (unpaired) electrons. The van der Waals surface area contributed by atoms with Crippen LogP contribution in [0.5, 0.6) is 0 Å². The van der Waals surface area contributed by atoms with E-state index in [1.54, 1.807) is 6.92 Å². The van der Waals surface area contributed by atoms with Gasteiger partial charge in [-0.2, -0.15) is 0 Å². The largest absolute Gasteiger partial charge is 0.385 e. The second kappa shape index (κ2) is 3.74. The molecule has 0 bridgehead atoms. The molecule has 2 rings (SSSR count). The van der Waals surface area contributed by atoms with Gasteiger partial charge in [0.05, 0.1) is 11.1 Å². The maximum atomic E-state index is 10.6. The Labute approximate surface area is 91.4 Å². The molecule has 1 nitrogen and oxygen atoms in total. The monoisotopic (exact) mass is 194 g/mol. The van der Waals surface area contributed by atoms with Gasteiger partial charge in [0.15, 0.2) is 0 Å². The molecule has 1 aromatic carbocycles. The lowest BCUT2D eigenvalue weighted by Gasteiger charge is -2.32. The van der Waals surface area contributed by atoms with Crippen LogP contribution in [0.15, 0.2) is 24.2 Å². The van der Waals surface area contributed by atoms with Crippen molar-refractivity contribution < 1.29 is 10.6 Å². The highest BCUT2D eigenvalue weighted by molar-refractivity contribution is 5.26. The van der Waals surface area contributed by atoms with Gasteiger partial charge in [-0.05, 0) is 25.3 Å². The van der Waals surface area contributed by atoms with E-state index in [2.05, 4.69) is 0 Å². The Hall–Kier alpha value is -0.820. The summed E-state index contributed by atoms with van der Waals surface area (Å²) in [7, 11) is 0. The predicted molar refractivity (Wildman–Crippen MR) is 58.2 cm³/mol. The van der Waals surface area contributed by atoms with Gasteiger partial charge in [0, 0.05) is 0 Å². The van der Waals surface area contributed by atoms with E-state index in [0.717, 1.165) is 19.3 Å². The van der Waals surface area contributed by atoms with Gasteiger partial charge in [0.1, 0.15) is 0 Å². The van der Waals surface area contributed by atoms with Gasteiger partial charge in [-0.25, -0.2) is 0 Å². The number of hydrogen-bond donors (Lipinski definition) is 1. The molecule has 0 heterocycles. The Morgan fingerprint density at radius 2 is 1.71 bits per heavy atom. The normalized spacial score (nSPS) is 24.7. The quantitative estimate of drug-likeness (QED) is 0.728. The summed E-state index contributed by atoms with van der Waals surface area (Å²) in [6.07, 6.45) is 3.82. The van der Waals surface area contributed by atoms with Crippen LogP contribution < -0.4 is 0 Å². The molecule has 0 saturated heterocycles. The molecule has 76 valence electrons. The second-order valence-electron chi connectivity index (χ2n) is 4.09. The van der Waals surface area contributed by atoms with Crippen molar-refractivity contribution in [2.24, 2.45) is 0 Å². The molecule has 1 aliphatic carbocycles. The maximum absolute atomic E-state index is 10.6. The number of hydrogen-bond acceptors (Lipinski definition) is 1. The summed E-state index contributed by atoms with van der Waals surface area (Å²) in [5, 5.41) is 10.6. The van der Waals surface area contributed by atoms with Crippen molar-refractivity contribution in [3.05, 3.63) is 35.3 Å². The van der Waals surface area contributed by atoms with Crippen molar-refractivity contribution in [2.45, 2.75) is 44.6 Å². The minimum absolute atomic E-state index is 0.0370. The van der Waals surface area contributed by atoms with Gasteiger partial charge in [0.25, 0.3) is 0 Å². The zero-order valence-electron chi connectivity index (χ0n) is 12.5. The first-order valence-corrected chi connectivity index (χ1v) is 5.18. The smallest absolute Gasteiger partial charge is 0.0896 e. The topological polar surface area (TPSA) is 20.2 Å². The van der Waals surface area contributed by atoms with Gasteiger partial charge in [-0.1, -0.05) is 49.0 Å². The first-order valence-electron chi connectivity index (χ1n) is 7.18. The number of benzene rings is 1. The van der Waals surface area contributed by atoms with Gasteiger partial charge in [-0.15, -0.1) is 0 Å². The van der Waals surface area contributed by atoms with Crippen LogP contribution in [0.3, 0.4) is 0 Å². The Balaban J connectivity index is 2.63. The van der Waals surface area contributed by atoms with Crippen LogP contribution >= 0.6 is 0 Å². The average molecular weight is 194 g/mol. The van der Waals surface area contributed by atoms with Crippen LogP contribution in [0.1, 0.15) is 48.7 Å². The SMILES string of the molecule is [2H]c1c([2H])c(C2(O)CCCCC2)c([2H])c([2H])c1C. The molecule has 0 spiro atoms. The molecule has 1 N–H and O–H groups in total. The van der Waals surface area contributed by atoms with Gasteiger partial charge in [-0.3, -0.25) is 0 Å². The summed E-state index contributed by atoms with van der Waals surface area (Å²) in [5.74, 6) is 0. The Morgan fingerprint density at radius 3 is 2.29 bits per heavy atom. The highest BCUT2D eigenvalue weighted by Gasteiger charge is 2.30. The van der Waals surface area contributed by atoms with Crippen LogP contribution in [0.4, 0.5) is 0 Å². The molecule has 1 aliphatic rings. The van der Waals surface area contributed by atoms with E-state index in [1.807, 2.05) is 0 Å². The van der Waals surface area contributed by atoms with Gasteiger partial charge < -0.3 is 5.11 Å². The van der Waals surface area contributed by atoms with E-state index >= 15 is 0 Å². The molecule has 1 fully saturated rings. The fourth-order valence-electron chi connectivity index (χ4n) is 1.99. The van der Waals surface area contributed by atoms with Crippen molar-refractivity contribution in [3.8, 4) is 0 Å². The summed E-state index contributed by atoms with van der Waals surface area (Å²) < 4.78 is 31.6. The van der Waals surface area contributed by atoms with Gasteiger partial charge in [0.2, 0.25) is 0 Å². The first kappa shape index (κ1) is 5.92. The van der Waals surface area contributed by atoms with E-state index in [1.165, 1.54) is 0 Å². The second-order valence-corrected chi connectivity index (χ2v) is 4.09. The Bertz CT molecular complexity index is 449. The highest BCUT2D eigenvalue weighted by Crippen LogP contribution is 2.36. The maximum Gasteiger partial charge on any atom is 0.0896 e. The third kappa shape index (κ3) is 1.83. The highest BCUT2D eigenvalue weighted by atomic mass is 16.3. The summed E-state index contributed by atoms with van der Waals surface area (Å²) in [4.78, 5) is 0. The van der Waals surface area contributed by atoms with E-state index in [4.69, 9.17) is 5.48 Å². The third-order valence-electron chi connectivity index (χ3n) is 2.90. The van der Waals surface area contributed by atoms with E-state index < -0.39 is 5.60 Å². The van der Waals surface area contributed by atoms with E-state index in [-0.39, 0.29) is 29.7 Å². The van der Waals surface area contributed by atoms with Crippen LogP contribution in [-0.4, -0.2) is 5.11 Å². The molecule has 14 heavy (non-hydrogen) atoms. The average Bonchev–Trinajstić information content (AvgIpc) is 2.35. The summed E-state index contributed by atoms with van der Waals surface area (Å²) in [6.45, 7) is 1.58. The Kier molecular flexibility index (Phi) is 1.58. The molecule has 1 aromatic rings. The van der Waals surface area contributed by atoms with Crippen molar-refractivity contribution in [1.82, 2.24) is 0 Å². The number of aliphatic hydroxyl groups is 1. The fourth-order valence-corrected chi connectivity index (χ4v) is 1.99. The summed E-state index contributed by atoms with van der Waals surface area (Å²) in [5.41, 5.74) is -0.665. The molecular weight excluding hydrogens is 172 g/mol. The van der Waals surface area contributed by atoms with Crippen molar-refractivity contribution in [3.63, 3.8) is 0 Å². The molecule has 1 heteroatoms. The molecule has 0 unspecified atom stereocenters. The molecular formula is C13H18O. The summed E-state index contributed by atoms with van der Waals surface area (Å²) in [6, 6.07) is -0.245. The number of rotatable bonds is 1. The van der Waals surface area contributed by atoms with Crippen LogP contribution in [0, 0.1) is 6.92 Å². The summed E-state index contributed by atoms with van der Waals surface area (Å²) >= 11 is 0. The van der Waals surface area contributed by atoms with Crippen LogP contribution in [-0.2, 0) is 5.60 Å². The lowest BCUT2D eigenvalue weighted by Crippen LogP contribution is -2.28. The predicted octanol–water partition coefficient (Wildman–Crippen LogP) is 3.15. The van der Waals surface area contributed by atoms with Crippen LogP contribution in [0.2, 0.25) is 0 Å². The first-order chi connectivity index (χ1) is 8.38. The fraction of sp³-hybridized carbons (Fsp3) is 0.538. The minimum Gasteiger partial charge on any atom is -0.385 e. The molecule has 0 amide bonds. The molecule has 0 aliphatic heterocycles. The van der Waals surface area contributed by atoms with Crippen molar-refractivity contribution in [1.29, 1.82) is 0 Å². The zero-order valence-corrected chi connectivity index (χ0v) is 8.48. The van der Waals surface area contributed by atoms with Crippen molar-refractivity contribution >= 4 is 0 Å². The van der Waals surface area contributed by atoms with E-state index in [9.17, 15) is 5.11 Å². The molecule has 0 aromatic heterocycles. The van der Waals surface area contributed by atoms with E-state index in [0.29, 0.717) is 18.4 Å².